The van der Waals surface area contributed by atoms with Gasteiger partial charge in [0.25, 0.3) is 0 Å². The second kappa shape index (κ2) is 6.73. The number of hydrogen-bond acceptors (Lipinski definition) is 1. The van der Waals surface area contributed by atoms with E-state index in [0.29, 0.717) is 0 Å². The van der Waals surface area contributed by atoms with Gasteiger partial charge in [-0.1, -0.05) is 51.6 Å². The molecule has 0 saturated heterocycles. The minimum Gasteiger partial charge on any atom is -0.406 e. The minimum atomic E-state index is -1.60. The van der Waals surface area contributed by atoms with Gasteiger partial charge in [-0.3, -0.25) is 0 Å². The Labute approximate surface area is 125 Å². The highest BCUT2D eigenvalue weighted by Crippen LogP contribution is 2.39. The number of aryl methyl sites for hydroxylation is 1. The molecule has 0 heterocycles. The van der Waals surface area contributed by atoms with Gasteiger partial charge in [0.05, 0.1) is 6.10 Å². The van der Waals surface area contributed by atoms with Crippen molar-refractivity contribution in [2.45, 2.75) is 64.3 Å². The van der Waals surface area contributed by atoms with Gasteiger partial charge >= 0.3 is 0 Å². The molecule has 0 amide bonds. The van der Waals surface area contributed by atoms with Gasteiger partial charge < -0.3 is 4.43 Å². The second-order valence-electron chi connectivity index (χ2n) is 5.95. The maximum absolute atomic E-state index is 6.78. The second-order valence-corrected chi connectivity index (χ2v) is 10.7. The third-order valence-electron chi connectivity index (χ3n) is 4.95. The molecule has 1 nitrogen and oxygen atoms in total. The highest BCUT2D eigenvalue weighted by molar-refractivity contribution is 6.73. The lowest BCUT2D eigenvalue weighted by molar-refractivity contribution is 0.223. The van der Waals surface area contributed by atoms with E-state index in [1.807, 2.05) is 0 Å². The fourth-order valence-corrected chi connectivity index (χ4v) is 6.07. The lowest BCUT2D eigenvalue weighted by Gasteiger charge is -2.34. The summed E-state index contributed by atoms with van der Waals surface area (Å²) in [6, 6.07) is 12.4. The Morgan fingerprint density at radius 3 is 2.40 bits per heavy atom. The molecule has 0 radical (unpaired) electrons. The molecule has 0 bridgehead atoms. The van der Waals surface area contributed by atoms with Crippen molar-refractivity contribution >= 4 is 8.32 Å². The van der Waals surface area contributed by atoms with Crippen LogP contribution in [0.2, 0.25) is 18.1 Å². The Morgan fingerprint density at radius 2 is 1.75 bits per heavy atom. The minimum absolute atomic E-state index is 0.139. The molecule has 1 aromatic rings. The molecule has 20 heavy (non-hydrogen) atoms. The van der Waals surface area contributed by atoms with Crippen LogP contribution in [0.3, 0.4) is 0 Å². The van der Waals surface area contributed by atoms with Crippen molar-refractivity contribution in [3.05, 3.63) is 47.5 Å². The van der Waals surface area contributed by atoms with Crippen LogP contribution in [-0.4, -0.2) is 8.32 Å². The lowest BCUT2D eigenvalue weighted by atomic mass is 9.99. The average molecular weight is 289 g/mol. The van der Waals surface area contributed by atoms with Crippen molar-refractivity contribution < 1.29 is 4.43 Å². The largest absolute Gasteiger partial charge is 0.406 e. The summed E-state index contributed by atoms with van der Waals surface area (Å²) < 4.78 is 6.78. The molecule has 1 aliphatic carbocycles. The van der Waals surface area contributed by atoms with Crippen molar-refractivity contribution in [3.8, 4) is 0 Å². The Bertz CT molecular complexity index is 454. The molecule has 0 saturated carbocycles. The van der Waals surface area contributed by atoms with E-state index in [4.69, 9.17) is 4.43 Å². The molecule has 2 rings (SSSR count). The van der Waals surface area contributed by atoms with Crippen LogP contribution in [0, 0.1) is 0 Å². The molecule has 0 N–H and O–H groups in total. The van der Waals surface area contributed by atoms with Crippen molar-refractivity contribution in [2.24, 2.45) is 0 Å². The molecule has 1 aliphatic rings. The summed E-state index contributed by atoms with van der Waals surface area (Å²) in [5.41, 5.74) is 4.12. The van der Waals surface area contributed by atoms with Crippen LogP contribution in [0.1, 0.15) is 50.8 Å². The SMILES string of the molecule is C=C1CCCc2ccccc2C1O[Si](CC)(CC)CC. The molecule has 1 aromatic carbocycles. The lowest BCUT2D eigenvalue weighted by Crippen LogP contribution is -2.37. The van der Waals surface area contributed by atoms with Crippen LogP contribution in [-0.2, 0) is 10.8 Å². The molecule has 0 fully saturated rings. The molecule has 110 valence electrons. The predicted octanol–water partition coefficient (Wildman–Crippen LogP) is 5.64. The van der Waals surface area contributed by atoms with Gasteiger partial charge in [0.2, 0.25) is 0 Å². The number of rotatable bonds is 5. The Morgan fingerprint density at radius 1 is 1.10 bits per heavy atom. The molecular formula is C18H28OSi. The van der Waals surface area contributed by atoms with E-state index in [1.54, 1.807) is 0 Å². The highest BCUT2D eigenvalue weighted by Gasteiger charge is 2.34. The molecule has 1 unspecified atom stereocenters. The molecule has 0 spiro atoms. The first-order valence-electron chi connectivity index (χ1n) is 8.09. The topological polar surface area (TPSA) is 9.23 Å². The van der Waals surface area contributed by atoms with Crippen molar-refractivity contribution in [3.63, 3.8) is 0 Å². The number of hydrogen-bond donors (Lipinski definition) is 0. The third-order valence-corrected chi connectivity index (χ3v) is 9.55. The van der Waals surface area contributed by atoms with Crippen molar-refractivity contribution in [1.29, 1.82) is 0 Å². The third kappa shape index (κ3) is 3.07. The van der Waals surface area contributed by atoms with Gasteiger partial charge in [0.15, 0.2) is 8.32 Å². The van der Waals surface area contributed by atoms with E-state index in [9.17, 15) is 0 Å². The standard InChI is InChI=1S/C18H28OSi/c1-5-20(6-2,7-3)19-18-15(4)11-10-13-16-12-8-9-14-17(16)18/h8-9,12,14,18H,4-7,10-11,13H2,1-3H3. The predicted molar refractivity (Wildman–Crippen MR) is 89.5 cm³/mol. The molecule has 1 atom stereocenters. The highest BCUT2D eigenvalue weighted by atomic mass is 28.4. The average Bonchev–Trinajstić information content (AvgIpc) is 2.64. The Hall–Kier alpha value is -0.863. The summed E-state index contributed by atoms with van der Waals surface area (Å²) >= 11 is 0. The first-order chi connectivity index (χ1) is 9.65. The van der Waals surface area contributed by atoms with Gasteiger partial charge in [0, 0.05) is 0 Å². The molecule has 0 aliphatic heterocycles. The summed E-state index contributed by atoms with van der Waals surface area (Å²) in [6.45, 7) is 11.2. The van der Waals surface area contributed by atoms with Crippen molar-refractivity contribution in [2.75, 3.05) is 0 Å². The molecule has 2 heteroatoms. The van der Waals surface area contributed by atoms with Crippen LogP contribution >= 0.6 is 0 Å². The summed E-state index contributed by atoms with van der Waals surface area (Å²) in [6.07, 6.45) is 3.60. The van der Waals surface area contributed by atoms with Gasteiger partial charge in [-0.15, -0.1) is 0 Å². The smallest absolute Gasteiger partial charge is 0.193 e. The zero-order chi connectivity index (χ0) is 14.6. The van der Waals surface area contributed by atoms with Gasteiger partial charge in [-0.05, 0) is 54.1 Å². The summed E-state index contributed by atoms with van der Waals surface area (Å²) in [7, 11) is -1.60. The van der Waals surface area contributed by atoms with Gasteiger partial charge in [-0.2, -0.15) is 0 Å². The summed E-state index contributed by atoms with van der Waals surface area (Å²) in [5.74, 6) is 0. The first kappa shape index (κ1) is 15.5. The fourth-order valence-electron chi connectivity index (χ4n) is 3.27. The first-order valence-corrected chi connectivity index (χ1v) is 10.6. The van der Waals surface area contributed by atoms with Crippen LogP contribution in [0.4, 0.5) is 0 Å². The van der Waals surface area contributed by atoms with E-state index in [-0.39, 0.29) is 6.10 Å². The van der Waals surface area contributed by atoms with E-state index < -0.39 is 8.32 Å². The van der Waals surface area contributed by atoms with Crippen LogP contribution in [0.15, 0.2) is 36.4 Å². The monoisotopic (exact) mass is 288 g/mol. The normalized spacial score (nSPS) is 19.6. The van der Waals surface area contributed by atoms with Crippen LogP contribution in [0.5, 0.6) is 0 Å². The number of fused-ring (bicyclic) bond motifs is 1. The van der Waals surface area contributed by atoms with E-state index >= 15 is 0 Å². The van der Waals surface area contributed by atoms with E-state index in [1.165, 1.54) is 41.3 Å². The van der Waals surface area contributed by atoms with Gasteiger partial charge in [0.1, 0.15) is 0 Å². The maximum Gasteiger partial charge on any atom is 0.193 e. The van der Waals surface area contributed by atoms with E-state index in [2.05, 4.69) is 51.6 Å². The fraction of sp³-hybridized carbons (Fsp3) is 0.556. The summed E-state index contributed by atoms with van der Waals surface area (Å²) in [5, 5.41) is 0. The summed E-state index contributed by atoms with van der Waals surface area (Å²) in [4.78, 5) is 0. The van der Waals surface area contributed by atoms with E-state index in [0.717, 1.165) is 12.8 Å². The maximum atomic E-state index is 6.78. The molecular weight excluding hydrogens is 260 g/mol. The van der Waals surface area contributed by atoms with Crippen molar-refractivity contribution in [1.82, 2.24) is 0 Å². The Balaban J connectivity index is 2.35. The van der Waals surface area contributed by atoms with Crippen LogP contribution in [0.25, 0.3) is 0 Å². The Kier molecular flexibility index (Phi) is 5.22. The zero-order valence-electron chi connectivity index (χ0n) is 13.2. The van der Waals surface area contributed by atoms with Gasteiger partial charge in [-0.25, -0.2) is 0 Å². The number of benzene rings is 1. The quantitative estimate of drug-likeness (QED) is 0.387. The van der Waals surface area contributed by atoms with Crippen LogP contribution < -0.4 is 0 Å². The molecule has 0 aromatic heterocycles. The zero-order valence-corrected chi connectivity index (χ0v) is 14.2.